The van der Waals surface area contributed by atoms with Gasteiger partial charge in [0.15, 0.2) is 0 Å². The molecule has 1 aliphatic rings. The highest BCUT2D eigenvalue weighted by Gasteiger charge is 2.27. The van der Waals surface area contributed by atoms with Crippen molar-refractivity contribution in [3.63, 3.8) is 0 Å². The van der Waals surface area contributed by atoms with Crippen LogP contribution >= 0.6 is 0 Å². The van der Waals surface area contributed by atoms with Gasteiger partial charge in [0.2, 0.25) is 5.91 Å². The standard InChI is InChI=1S/C23H24FN3O2/c24-20-5-3-17(4-6-20)22(18-7-11-25-12-8-18)26-23(28)19-9-13-27(14-10-19)16-21-2-1-15-29-21/h1-8,11-12,15,19,22H,9-10,13-14,16H2,(H,26,28)/t22-/m1/s1. The Morgan fingerprint density at radius 1 is 1.10 bits per heavy atom. The Balaban J connectivity index is 1.41. The van der Waals surface area contributed by atoms with Gasteiger partial charge in [-0.1, -0.05) is 12.1 Å². The number of carbonyl (C=O) groups excluding carboxylic acids is 1. The van der Waals surface area contributed by atoms with E-state index in [9.17, 15) is 9.18 Å². The molecular formula is C23H24FN3O2. The Morgan fingerprint density at radius 3 is 2.45 bits per heavy atom. The van der Waals surface area contributed by atoms with Crippen molar-refractivity contribution < 1.29 is 13.6 Å². The van der Waals surface area contributed by atoms with Crippen LogP contribution in [0.2, 0.25) is 0 Å². The Morgan fingerprint density at radius 2 is 1.79 bits per heavy atom. The monoisotopic (exact) mass is 393 g/mol. The fourth-order valence-corrected chi connectivity index (χ4v) is 3.81. The largest absolute Gasteiger partial charge is 0.468 e. The molecule has 1 saturated heterocycles. The van der Waals surface area contributed by atoms with Crippen LogP contribution in [-0.2, 0) is 11.3 Å². The van der Waals surface area contributed by atoms with Gasteiger partial charge in [0.25, 0.3) is 0 Å². The van der Waals surface area contributed by atoms with Crippen LogP contribution in [0.25, 0.3) is 0 Å². The number of rotatable bonds is 6. The molecule has 3 aromatic rings. The summed E-state index contributed by atoms with van der Waals surface area (Å²) in [5.74, 6) is 0.654. The van der Waals surface area contributed by atoms with Crippen molar-refractivity contribution in [2.24, 2.45) is 5.92 Å². The predicted molar refractivity (Wildman–Crippen MR) is 107 cm³/mol. The third-order valence-corrected chi connectivity index (χ3v) is 5.45. The summed E-state index contributed by atoms with van der Waals surface area (Å²) in [5, 5.41) is 3.17. The smallest absolute Gasteiger partial charge is 0.223 e. The van der Waals surface area contributed by atoms with Gasteiger partial charge in [-0.3, -0.25) is 14.7 Å². The molecular weight excluding hydrogens is 369 g/mol. The van der Waals surface area contributed by atoms with Crippen molar-refractivity contribution in [1.82, 2.24) is 15.2 Å². The van der Waals surface area contributed by atoms with E-state index in [0.717, 1.165) is 49.4 Å². The van der Waals surface area contributed by atoms with E-state index in [-0.39, 0.29) is 23.7 Å². The van der Waals surface area contributed by atoms with Crippen molar-refractivity contribution in [3.8, 4) is 0 Å². The molecule has 4 rings (SSSR count). The van der Waals surface area contributed by atoms with Gasteiger partial charge in [0.1, 0.15) is 11.6 Å². The van der Waals surface area contributed by atoms with E-state index in [1.165, 1.54) is 12.1 Å². The van der Waals surface area contributed by atoms with Crippen LogP contribution in [0.4, 0.5) is 4.39 Å². The number of furan rings is 1. The van der Waals surface area contributed by atoms with Crippen molar-refractivity contribution in [2.45, 2.75) is 25.4 Å². The predicted octanol–water partition coefficient (Wildman–Crippen LogP) is 3.93. The first kappa shape index (κ1) is 19.3. The van der Waals surface area contributed by atoms with Crippen LogP contribution in [0.5, 0.6) is 0 Å². The van der Waals surface area contributed by atoms with Gasteiger partial charge in [0, 0.05) is 18.3 Å². The summed E-state index contributed by atoms with van der Waals surface area (Å²) in [5.41, 5.74) is 1.77. The molecule has 0 saturated carbocycles. The summed E-state index contributed by atoms with van der Waals surface area (Å²) in [4.78, 5) is 19.4. The Hall–Kier alpha value is -2.99. The molecule has 1 N–H and O–H groups in total. The molecule has 1 aliphatic heterocycles. The van der Waals surface area contributed by atoms with Crippen molar-refractivity contribution in [2.75, 3.05) is 13.1 Å². The third-order valence-electron chi connectivity index (χ3n) is 5.45. The molecule has 0 unspecified atom stereocenters. The first-order valence-corrected chi connectivity index (χ1v) is 9.89. The number of nitrogens with one attached hydrogen (secondary N) is 1. The molecule has 0 aliphatic carbocycles. The lowest BCUT2D eigenvalue weighted by Crippen LogP contribution is -2.41. The van der Waals surface area contributed by atoms with Gasteiger partial charge < -0.3 is 9.73 Å². The number of carbonyl (C=O) groups is 1. The number of hydrogen-bond donors (Lipinski definition) is 1. The second-order valence-corrected chi connectivity index (χ2v) is 7.40. The van der Waals surface area contributed by atoms with Crippen molar-refractivity contribution in [1.29, 1.82) is 0 Å². The van der Waals surface area contributed by atoms with Gasteiger partial charge in [0.05, 0.1) is 18.8 Å². The molecule has 1 amide bonds. The molecule has 6 heteroatoms. The average molecular weight is 393 g/mol. The number of piperidine rings is 1. The molecule has 1 atom stereocenters. The Labute approximate surface area is 169 Å². The number of aromatic nitrogens is 1. The summed E-state index contributed by atoms with van der Waals surface area (Å²) in [6, 6.07) is 13.6. The molecule has 3 heterocycles. The molecule has 5 nitrogen and oxygen atoms in total. The number of benzene rings is 1. The SMILES string of the molecule is O=C(N[C@@H](c1ccncc1)c1ccc(F)cc1)C1CCN(Cc2ccco2)CC1. The van der Waals surface area contributed by atoms with E-state index < -0.39 is 0 Å². The van der Waals surface area contributed by atoms with E-state index in [2.05, 4.69) is 15.2 Å². The first-order chi connectivity index (χ1) is 14.2. The van der Waals surface area contributed by atoms with Crippen LogP contribution in [0.1, 0.15) is 35.8 Å². The highest BCUT2D eigenvalue weighted by molar-refractivity contribution is 5.79. The fraction of sp³-hybridized carbons (Fsp3) is 0.304. The number of pyridine rings is 1. The highest BCUT2D eigenvalue weighted by Crippen LogP contribution is 2.25. The van der Waals surface area contributed by atoms with Crippen molar-refractivity contribution in [3.05, 3.63) is 89.9 Å². The van der Waals surface area contributed by atoms with Crippen LogP contribution in [0.3, 0.4) is 0 Å². The number of nitrogens with zero attached hydrogens (tertiary/aromatic N) is 2. The van der Waals surface area contributed by atoms with Crippen LogP contribution in [0.15, 0.2) is 71.6 Å². The molecule has 1 aromatic carbocycles. The normalized spacial score (nSPS) is 16.4. The minimum atomic E-state index is -0.327. The molecule has 0 radical (unpaired) electrons. The quantitative estimate of drug-likeness (QED) is 0.689. The summed E-state index contributed by atoms with van der Waals surface area (Å²) in [7, 11) is 0. The van der Waals surface area contributed by atoms with Gasteiger partial charge >= 0.3 is 0 Å². The average Bonchev–Trinajstić information content (AvgIpc) is 3.27. The lowest BCUT2D eigenvalue weighted by Gasteiger charge is -2.31. The molecule has 1 fully saturated rings. The summed E-state index contributed by atoms with van der Waals surface area (Å²) < 4.78 is 18.8. The zero-order valence-corrected chi connectivity index (χ0v) is 16.1. The third kappa shape index (κ3) is 4.90. The topological polar surface area (TPSA) is 58.4 Å². The van der Waals surface area contributed by atoms with E-state index in [1.54, 1.807) is 30.8 Å². The Kier molecular flexibility index (Phi) is 6.00. The van der Waals surface area contributed by atoms with Crippen LogP contribution in [0, 0.1) is 11.7 Å². The van der Waals surface area contributed by atoms with Gasteiger partial charge in [-0.05, 0) is 73.5 Å². The lowest BCUT2D eigenvalue weighted by atomic mass is 9.93. The van der Waals surface area contributed by atoms with E-state index in [0.29, 0.717) is 0 Å². The molecule has 150 valence electrons. The minimum absolute atomic E-state index is 0.0346. The lowest BCUT2D eigenvalue weighted by molar-refractivity contribution is -0.127. The summed E-state index contributed by atoms with van der Waals surface area (Å²) in [6.45, 7) is 2.49. The Bertz CT molecular complexity index is 905. The van der Waals surface area contributed by atoms with E-state index in [4.69, 9.17) is 4.42 Å². The van der Waals surface area contributed by atoms with Crippen LogP contribution in [-0.4, -0.2) is 28.9 Å². The summed E-state index contributed by atoms with van der Waals surface area (Å²) >= 11 is 0. The molecule has 2 aromatic heterocycles. The molecule has 0 bridgehead atoms. The second kappa shape index (κ2) is 9.01. The number of hydrogen-bond acceptors (Lipinski definition) is 4. The van der Waals surface area contributed by atoms with Gasteiger partial charge in [-0.2, -0.15) is 0 Å². The zero-order valence-electron chi connectivity index (χ0n) is 16.1. The van der Waals surface area contributed by atoms with Crippen LogP contribution < -0.4 is 5.32 Å². The van der Waals surface area contributed by atoms with E-state index >= 15 is 0 Å². The van der Waals surface area contributed by atoms with Gasteiger partial charge in [-0.25, -0.2) is 4.39 Å². The number of amides is 1. The minimum Gasteiger partial charge on any atom is -0.468 e. The first-order valence-electron chi connectivity index (χ1n) is 9.89. The number of halogens is 1. The summed E-state index contributed by atoms with van der Waals surface area (Å²) in [6.07, 6.45) is 6.69. The van der Waals surface area contributed by atoms with Gasteiger partial charge in [-0.15, -0.1) is 0 Å². The zero-order chi connectivity index (χ0) is 20.1. The van der Waals surface area contributed by atoms with Crippen molar-refractivity contribution >= 4 is 5.91 Å². The molecule has 29 heavy (non-hydrogen) atoms. The molecule has 0 spiro atoms. The second-order valence-electron chi connectivity index (χ2n) is 7.40. The maximum Gasteiger partial charge on any atom is 0.223 e. The number of likely N-dealkylation sites (tertiary alicyclic amines) is 1. The highest BCUT2D eigenvalue weighted by atomic mass is 19.1. The van der Waals surface area contributed by atoms with E-state index in [1.807, 2.05) is 24.3 Å². The fourth-order valence-electron chi connectivity index (χ4n) is 3.81. The maximum atomic E-state index is 13.4. The maximum absolute atomic E-state index is 13.4.